The zero-order valence-corrected chi connectivity index (χ0v) is 12.0. The van der Waals surface area contributed by atoms with Gasteiger partial charge in [0.15, 0.2) is 11.5 Å². The van der Waals surface area contributed by atoms with Gasteiger partial charge in [0.2, 0.25) is 0 Å². The normalized spacial score (nSPS) is 25.9. The Labute approximate surface area is 115 Å². The van der Waals surface area contributed by atoms with Crippen LogP contribution in [0.2, 0.25) is 0 Å². The molecule has 3 nitrogen and oxygen atoms in total. The van der Waals surface area contributed by atoms with E-state index >= 15 is 0 Å². The first-order valence-corrected chi connectivity index (χ1v) is 7.33. The van der Waals surface area contributed by atoms with Crippen molar-refractivity contribution in [3.8, 4) is 11.5 Å². The van der Waals surface area contributed by atoms with Gasteiger partial charge in [-0.3, -0.25) is 0 Å². The van der Waals surface area contributed by atoms with Crippen molar-refractivity contribution in [2.75, 3.05) is 19.8 Å². The predicted octanol–water partition coefficient (Wildman–Crippen LogP) is 3.25. The summed E-state index contributed by atoms with van der Waals surface area (Å²) in [6, 6.07) is 4.82. The second-order valence-corrected chi connectivity index (χ2v) is 6.01. The van der Waals surface area contributed by atoms with Crippen molar-refractivity contribution in [1.29, 1.82) is 0 Å². The van der Waals surface area contributed by atoms with Gasteiger partial charge in [-0.1, -0.05) is 20.8 Å². The van der Waals surface area contributed by atoms with E-state index in [9.17, 15) is 0 Å². The fourth-order valence-corrected chi connectivity index (χ4v) is 3.05. The van der Waals surface area contributed by atoms with Gasteiger partial charge in [0.25, 0.3) is 0 Å². The van der Waals surface area contributed by atoms with E-state index in [0.29, 0.717) is 17.9 Å². The molecule has 2 aliphatic heterocycles. The molecule has 3 rings (SSSR count). The molecule has 1 N–H and O–H groups in total. The largest absolute Gasteiger partial charge is 0.490 e. The van der Waals surface area contributed by atoms with Crippen LogP contribution in [-0.2, 0) is 0 Å². The van der Waals surface area contributed by atoms with Crippen LogP contribution in [0.1, 0.15) is 50.3 Å². The van der Waals surface area contributed by atoms with Gasteiger partial charge in [-0.15, -0.1) is 0 Å². The summed E-state index contributed by atoms with van der Waals surface area (Å²) in [6.45, 7) is 9.34. The molecule has 0 fully saturated rings. The number of hydrogen-bond donors (Lipinski definition) is 1. The average molecular weight is 261 g/mol. The molecule has 0 spiro atoms. The Kier molecular flexibility index (Phi) is 3.40. The maximum absolute atomic E-state index is 5.83. The molecule has 1 aromatic carbocycles. The second-order valence-electron chi connectivity index (χ2n) is 6.01. The summed E-state index contributed by atoms with van der Waals surface area (Å²) in [4.78, 5) is 0. The van der Waals surface area contributed by atoms with Crippen molar-refractivity contribution in [2.45, 2.75) is 39.2 Å². The van der Waals surface area contributed by atoms with E-state index in [-0.39, 0.29) is 0 Å². The fraction of sp³-hybridized carbons (Fsp3) is 0.625. The second kappa shape index (κ2) is 5.04. The maximum Gasteiger partial charge on any atom is 0.161 e. The zero-order valence-electron chi connectivity index (χ0n) is 12.0. The highest BCUT2D eigenvalue weighted by Gasteiger charge is 2.28. The minimum absolute atomic E-state index is 0.420. The lowest BCUT2D eigenvalue weighted by Gasteiger charge is -2.34. The standard InChI is InChI=1S/C16H23NO2/c1-10(2)16-13-8-15-14(18-5-4-6-19-15)7-12(13)11(3)9-17-16/h7-8,10-11,16-17H,4-6,9H2,1-3H3. The lowest BCUT2D eigenvalue weighted by atomic mass is 9.83. The highest BCUT2D eigenvalue weighted by molar-refractivity contribution is 5.51. The Bertz CT molecular complexity index is 470. The molecule has 2 heterocycles. The van der Waals surface area contributed by atoms with Crippen molar-refractivity contribution in [1.82, 2.24) is 5.32 Å². The summed E-state index contributed by atoms with van der Waals surface area (Å²) in [6.07, 6.45) is 0.959. The molecule has 104 valence electrons. The van der Waals surface area contributed by atoms with Gasteiger partial charge in [0, 0.05) is 19.0 Å². The van der Waals surface area contributed by atoms with Gasteiger partial charge in [0.05, 0.1) is 13.2 Å². The lowest BCUT2D eigenvalue weighted by Crippen LogP contribution is -2.35. The van der Waals surface area contributed by atoms with Crippen LogP contribution >= 0.6 is 0 Å². The third-order valence-electron chi connectivity index (χ3n) is 4.13. The van der Waals surface area contributed by atoms with Gasteiger partial charge >= 0.3 is 0 Å². The molecular weight excluding hydrogens is 238 g/mol. The van der Waals surface area contributed by atoms with E-state index in [1.807, 2.05) is 0 Å². The molecular formula is C16H23NO2. The first-order chi connectivity index (χ1) is 9.16. The van der Waals surface area contributed by atoms with Gasteiger partial charge in [-0.2, -0.15) is 0 Å². The summed E-state index contributed by atoms with van der Waals surface area (Å²) in [7, 11) is 0. The molecule has 0 saturated heterocycles. The van der Waals surface area contributed by atoms with Crippen LogP contribution in [0, 0.1) is 5.92 Å². The fourth-order valence-electron chi connectivity index (χ4n) is 3.05. The molecule has 3 heteroatoms. The molecule has 0 aliphatic carbocycles. The Morgan fingerprint density at radius 2 is 1.74 bits per heavy atom. The van der Waals surface area contributed by atoms with E-state index < -0.39 is 0 Å². The van der Waals surface area contributed by atoms with E-state index in [1.165, 1.54) is 11.1 Å². The van der Waals surface area contributed by atoms with Crippen LogP contribution in [0.3, 0.4) is 0 Å². The summed E-state index contributed by atoms with van der Waals surface area (Å²) in [5.74, 6) is 2.95. The van der Waals surface area contributed by atoms with Crippen LogP contribution in [-0.4, -0.2) is 19.8 Å². The third-order valence-corrected chi connectivity index (χ3v) is 4.13. The van der Waals surface area contributed by atoms with E-state index in [2.05, 4.69) is 38.2 Å². The monoisotopic (exact) mass is 261 g/mol. The lowest BCUT2D eigenvalue weighted by molar-refractivity contribution is 0.297. The van der Waals surface area contributed by atoms with Crippen molar-refractivity contribution in [3.63, 3.8) is 0 Å². The Balaban J connectivity index is 2.07. The molecule has 19 heavy (non-hydrogen) atoms. The third kappa shape index (κ3) is 2.32. The number of hydrogen-bond acceptors (Lipinski definition) is 3. The number of rotatable bonds is 1. The van der Waals surface area contributed by atoms with Gasteiger partial charge < -0.3 is 14.8 Å². The first kappa shape index (κ1) is 12.8. The SMILES string of the molecule is CC1CNC(C(C)C)c2cc3c(cc21)OCCCO3. The number of ether oxygens (including phenoxy) is 2. The Hall–Kier alpha value is -1.22. The van der Waals surface area contributed by atoms with Gasteiger partial charge in [-0.05, 0) is 35.1 Å². The van der Waals surface area contributed by atoms with E-state index in [1.54, 1.807) is 0 Å². The molecule has 0 saturated carbocycles. The Morgan fingerprint density at radius 1 is 1.11 bits per heavy atom. The number of benzene rings is 1. The number of nitrogens with one attached hydrogen (secondary N) is 1. The first-order valence-electron chi connectivity index (χ1n) is 7.33. The summed E-state index contributed by atoms with van der Waals surface area (Å²) in [5, 5.41) is 3.65. The molecule has 2 atom stereocenters. The van der Waals surface area contributed by atoms with Crippen LogP contribution < -0.4 is 14.8 Å². The minimum atomic E-state index is 0.420. The molecule has 1 aromatic rings. The van der Waals surface area contributed by atoms with Crippen LogP contribution in [0.4, 0.5) is 0 Å². The molecule has 2 unspecified atom stereocenters. The van der Waals surface area contributed by atoms with Crippen molar-refractivity contribution in [3.05, 3.63) is 23.3 Å². The molecule has 0 bridgehead atoms. The highest BCUT2D eigenvalue weighted by Crippen LogP contribution is 2.41. The zero-order chi connectivity index (χ0) is 13.4. The van der Waals surface area contributed by atoms with E-state index in [0.717, 1.165) is 37.7 Å². The summed E-state index contributed by atoms with van der Waals surface area (Å²) in [5.41, 5.74) is 2.81. The summed E-state index contributed by atoms with van der Waals surface area (Å²) < 4.78 is 11.6. The quantitative estimate of drug-likeness (QED) is 0.841. The Morgan fingerprint density at radius 3 is 2.37 bits per heavy atom. The van der Waals surface area contributed by atoms with Crippen molar-refractivity contribution in [2.24, 2.45) is 5.92 Å². The smallest absolute Gasteiger partial charge is 0.161 e. The van der Waals surface area contributed by atoms with Crippen LogP contribution in [0.5, 0.6) is 11.5 Å². The van der Waals surface area contributed by atoms with Crippen LogP contribution in [0.15, 0.2) is 12.1 Å². The van der Waals surface area contributed by atoms with Crippen LogP contribution in [0.25, 0.3) is 0 Å². The summed E-state index contributed by atoms with van der Waals surface area (Å²) >= 11 is 0. The average Bonchev–Trinajstić information content (AvgIpc) is 2.61. The van der Waals surface area contributed by atoms with Crippen molar-refractivity contribution < 1.29 is 9.47 Å². The minimum Gasteiger partial charge on any atom is -0.490 e. The number of fused-ring (bicyclic) bond motifs is 2. The molecule has 0 aromatic heterocycles. The van der Waals surface area contributed by atoms with Crippen molar-refractivity contribution >= 4 is 0 Å². The molecule has 0 amide bonds. The van der Waals surface area contributed by atoms with Gasteiger partial charge in [-0.25, -0.2) is 0 Å². The van der Waals surface area contributed by atoms with Gasteiger partial charge in [0.1, 0.15) is 0 Å². The maximum atomic E-state index is 5.83. The molecule has 0 radical (unpaired) electrons. The predicted molar refractivity (Wildman–Crippen MR) is 76.0 cm³/mol. The highest BCUT2D eigenvalue weighted by atomic mass is 16.5. The molecule has 2 aliphatic rings. The van der Waals surface area contributed by atoms with E-state index in [4.69, 9.17) is 9.47 Å². The topological polar surface area (TPSA) is 30.5 Å².